The highest BCUT2D eigenvalue weighted by Gasteiger charge is 2.18. The van der Waals surface area contributed by atoms with E-state index in [1.54, 1.807) is 29.2 Å². The molecule has 1 heterocycles. The Bertz CT molecular complexity index is 1130. The standard InChI is InChI=1S/C21H25N5O3S2/c1-4-25(18-9-7-6-8-10-18)19(27)15-30-21-23-22-20(26(21)5-2)16-11-13-17(14-12-16)24-31(3,28)29/h6-14,24H,4-5,15H2,1-3H3. The van der Waals surface area contributed by atoms with Crippen molar-refractivity contribution in [2.75, 3.05) is 28.2 Å². The van der Waals surface area contributed by atoms with Gasteiger partial charge in [0.25, 0.3) is 0 Å². The number of hydrogen-bond acceptors (Lipinski definition) is 6. The lowest BCUT2D eigenvalue weighted by Crippen LogP contribution is -2.32. The molecule has 1 aromatic heterocycles. The molecule has 8 nitrogen and oxygen atoms in total. The molecule has 164 valence electrons. The second-order valence-corrected chi connectivity index (χ2v) is 9.46. The first-order valence-electron chi connectivity index (χ1n) is 9.82. The van der Waals surface area contributed by atoms with E-state index in [0.29, 0.717) is 29.8 Å². The van der Waals surface area contributed by atoms with Gasteiger partial charge in [0.2, 0.25) is 15.9 Å². The Labute approximate surface area is 186 Å². The van der Waals surface area contributed by atoms with E-state index in [9.17, 15) is 13.2 Å². The van der Waals surface area contributed by atoms with E-state index in [4.69, 9.17) is 0 Å². The van der Waals surface area contributed by atoms with E-state index >= 15 is 0 Å². The Hall–Kier alpha value is -2.85. The van der Waals surface area contributed by atoms with Crippen molar-refractivity contribution in [2.45, 2.75) is 25.5 Å². The molecule has 0 fully saturated rings. The SMILES string of the molecule is CCN(C(=O)CSc1nnc(-c2ccc(NS(C)(=O)=O)cc2)n1CC)c1ccccc1. The van der Waals surface area contributed by atoms with E-state index < -0.39 is 10.0 Å². The van der Waals surface area contributed by atoms with Gasteiger partial charge in [-0.1, -0.05) is 30.0 Å². The minimum absolute atomic E-state index is 0.00195. The van der Waals surface area contributed by atoms with Crippen LogP contribution in [0, 0.1) is 0 Å². The molecular weight excluding hydrogens is 434 g/mol. The number of thioether (sulfide) groups is 1. The summed E-state index contributed by atoms with van der Waals surface area (Å²) in [5.41, 5.74) is 2.16. The topological polar surface area (TPSA) is 97.2 Å². The van der Waals surface area contributed by atoms with Crippen molar-refractivity contribution in [1.29, 1.82) is 0 Å². The zero-order valence-corrected chi connectivity index (χ0v) is 19.3. The van der Waals surface area contributed by atoms with Gasteiger partial charge in [0, 0.05) is 30.0 Å². The third-order valence-electron chi connectivity index (χ3n) is 4.49. The molecule has 0 spiro atoms. The molecule has 0 saturated heterocycles. The normalized spacial score (nSPS) is 11.3. The van der Waals surface area contributed by atoms with Crippen LogP contribution in [-0.4, -0.2) is 47.6 Å². The monoisotopic (exact) mass is 459 g/mol. The van der Waals surface area contributed by atoms with Gasteiger partial charge in [-0.05, 0) is 50.2 Å². The molecule has 31 heavy (non-hydrogen) atoms. The van der Waals surface area contributed by atoms with Crippen molar-refractivity contribution in [2.24, 2.45) is 0 Å². The van der Waals surface area contributed by atoms with Crippen molar-refractivity contribution >= 4 is 39.1 Å². The van der Waals surface area contributed by atoms with Gasteiger partial charge in [0.15, 0.2) is 11.0 Å². The number of sulfonamides is 1. The zero-order valence-electron chi connectivity index (χ0n) is 17.6. The molecular formula is C21H25N5O3S2. The molecule has 0 unspecified atom stereocenters. The Morgan fingerprint density at radius 1 is 1.06 bits per heavy atom. The van der Waals surface area contributed by atoms with Crippen molar-refractivity contribution in [3.8, 4) is 11.4 Å². The van der Waals surface area contributed by atoms with Gasteiger partial charge in [0.05, 0.1) is 12.0 Å². The summed E-state index contributed by atoms with van der Waals surface area (Å²) in [6.45, 7) is 5.16. The van der Waals surface area contributed by atoms with Crippen LogP contribution in [0.5, 0.6) is 0 Å². The van der Waals surface area contributed by atoms with Crippen molar-refractivity contribution in [3.05, 3.63) is 54.6 Å². The van der Waals surface area contributed by atoms with E-state index in [1.165, 1.54) is 11.8 Å². The van der Waals surface area contributed by atoms with Crippen LogP contribution in [0.1, 0.15) is 13.8 Å². The molecule has 0 radical (unpaired) electrons. The lowest BCUT2D eigenvalue weighted by atomic mass is 10.2. The van der Waals surface area contributed by atoms with Crippen molar-refractivity contribution < 1.29 is 13.2 Å². The zero-order chi connectivity index (χ0) is 22.4. The molecule has 3 aromatic rings. The number of aromatic nitrogens is 3. The quantitative estimate of drug-likeness (QED) is 0.492. The number of anilines is 2. The van der Waals surface area contributed by atoms with Crippen LogP contribution >= 0.6 is 11.8 Å². The summed E-state index contributed by atoms with van der Waals surface area (Å²) >= 11 is 1.35. The minimum Gasteiger partial charge on any atom is -0.312 e. The van der Waals surface area contributed by atoms with Crippen LogP contribution in [0.3, 0.4) is 0 Å². The lowest BCUT2D eigenvalue weighted by molar-refractivity contribution is -0.116. The maximum absolute atomic E-state index is 12.8. The van der Waals surface area contributed by atoms with Crippen LogP contribution < -0.4 is 9.62 Å². The van der Waals surface area contributed by atoms with Gasteiger partial charge in [-0.15, -0.1) is 10.2 Å². The third-order valence-corrected chi connectivity index (χ3v) is 6.05. The number of hydrogen-bond donors (Lipinski definition) is 1. The van der Waals surface area contributed by atoms with Gasteiger partial charge in [-0.25, -0.2) is 8.42 Å². The summed E-state index contributed by atoms with van der Waals surface area (Å²) in [6, 6.07) is 16.5. The molecule has 0 aliphatic rings. The van der Waals surface area contributed by atoms with Crippen LogP contribution in [0.4, 0.5) is 11.4 Å². The molecule has 0 bridgehead atoms. The second kappa shape index (κ2) is 9.97. The predicted molar refractivity (Wildman–Crippen MR) is 125 cm³/mol. The van der Waals surface area contributed by atoms with Crippen LogP contribution in [0.25, 0.3) is 11.4 Å². The summed E-state index contributed by atoms with van der Waals surface area (Å²) < 4.78 is 27.1. The van der Waals surface area contributed by atoms with Crippen LogP contribution in [-0.2, 0) is 21.4 Å². The van der Waals surface area contributed by atoms with Crippen molar-refractivity contribution in [3.63, 3.8) is 0 Å². The molecule has 3 rings (SSSR count). The Balaban J connectivity index is 1.73. The van der Waals surface area contributed by atoms with E-state index in [-0.39, 0.29) is 11.7 Å². The fourth-order valence-corrected chi connectivity index (χ4v) is 4.55. The van der Waals surface area contributed by atoms with Gasteiger partial charge in [-0.2, -0.15) is 0 Å². The van der Waals surface area contributed by atoms with E-state index in [2.05, 4.69) is 14.9 Å². The largest absolute Gasteiger partial charge is 0.312 e. The molecule has 10 heteroatoms. The third kappa shape index (κ3) is 5.86. The maximum Gasteiger partial charge on any atom is 0.237 e. The summed E-state index contributed by atoms with van der Waals surface area (Å²) in [7, 11) is -3.33. The number of carbonyl (C=O) groups excluding carboxylic acids is 1. The number of nitrogens with one attached hydrogen (secondary N) is 1. The first-order valence-corrected chi connectivity index (χ1v) is 12.7. The number of amides is 1. The number of para-hydroxylation sites is 1. The average Bonchev–Trinajstić information content (AvgIpc) is 3.16. The Morgan fingerprint density at radius 3 is 2.32 bits per heavy atom. The molecule has 1 amide bonds. The summed E-state index contributed by atoms with van der Waals surface area (Å²) in [5.74, 6) is 0.916. The fraction of sp³-hybridized carbons (Fsp3) is 0.286. The molecule has 0 atom stereocenters. The highest BCUT2D eigenvalue weighted by atomic mass is 32.2. The Kier molecular flexibility index (Phi) is 7.34. The summed E-state index contributed by atoms with van der Waals surface area (Å²) in [4.78, 5) is 14.5. The molecule has 0 saturated carbocycles. The molecule has 0 aliphatic heterocycles. The van der Waals surface area contributed by atoms with Gasteiger partial charge >= 0.3 is 0 Å². The highest BCUT2D eigenvalue weighted by Crippen LogP contribution is 2.26. The van der Waals surface area contributed by atoms with Crippen LogP contribution in [0.2, 0.25) is 0 Å². The number of benzene rings is 2. The van der Waals surface area contributed by atoms with Gasteiger partial charge < -0.3 is 9.47 Å². The highest BCUT2D eigenvalue weighted by molar-refractivity contribution is 7.99. The van der Waals surface area contributed by atoms with E-state index in [0.717, 1.165) is 17.5 Å². The summed E-state index contributed by atoms with van der Waals surface area (Å²) in [6.07, 6.45) is 1.11. The number of carbonyl (C=O) groups is 1. The van der Waals surface area contributed by atoms with Crippen LogP contribution in [0.15, 0.2) is 59.8 Å². The van der Waals surface area contributed by atoms with Gasteiger partial charge in [0.1, 0.15) is 0 Å². The summed E-state index contributed by atoms with van der Waals surface area (Å²) in [5, 5.41) is 9.22. The minimum atomic E-state index is -3.33. The number of nitrogens with zero attached hydrogens (tertiary/aromatic N) is 4. The molecule has 2 aromatic carbocycles. The first-order chi connectivity index (χ1) is 14.8. The average molecular weight is 460 g/mol. The number of rotatable bonds is 9. The lowest BCUT2D eigenvalue weighted by Gasteiger charge is -2.20. The first kappa shape index (κ1) is 22.8. The fourth-order valence-electron chi connectivity index (χ4n) is 3.11. The predicted octanol–water partition coefficient (Wildman–Crippen LogP) is 3.48. The van der Waals surface area contributed by atoms with Crippen molar-refractivity contribution in [1.82, 2.24) is 14.8 Å². The van der Waals surface area contributed by atoms with Gasteiger partial charge in [-0.3, -0.25) is 9.52 Å². The smallest absolute Gasteiger partial charge is 0.237 e. The molecule has 1 N–H and O–H groups in total. The van der Waals surface area contributed by atoms with E-state index in [1.807, 2.05) is 48.7 Å². The second-order valence-electron chi connectivity index (χ2n) is 6.76. The molecule has 0 aliphatic carbocycles. The Morgan fingerprint density at radius 2 is 1.74 bits per heavy atom. The maximum atomic E-state index is 12.8.